The van der Waals surface area contributed by atoms with Crippen molar-refractivity contribution >= 4 is 0 Å². The van der Waals surface area contributed by atoms with Crippen molar-refractivity contribution in [2.24, 2.45) is 0 Å². The summed E-state index contributed by atoms with van der Waals surface area (Å²) >= 11 is -7.14. The second kappa shape index (κ2) is 4.81. The molecule has 1 aliphatic carbocycles. The fourth-order valence-electron chi connectivity index (χ4n) is 1.98. The van der Waals surface area contributed by atoms with Crippen LogP contribution < -0.4 is 0 Å². The number of hydrogen-bond donors (Lipinski definition) is 2. The average molecular weight is 316 g/mol. The minimum absolute atomic E-state index is 1.29. The maximum atomic E-state index is 12.0. The van der Waals surface area contributed by atoms with Crippen molar-refractivity contribution in [3.63, 3.8) is 0 Å². The van der Waals surface area contributed by atoms with Gasteiger partial charge in [0, 0.05) is 0 Å². The molecule has 0 unspecified atom stereocenters. The molecule has 0 atom stereocenters. The Morgan fingerprint density at radius 2 is 0.789 bits per heavy atom. The molecule has 1 aliphatic rings. The van der Waals surface area contributed by atoms with Gasteiger partial charge in [-0.3, -0.25) is 0 Å². The van der Waals surface area contributed by atoms with Gasteiger partial charge in [-0.25, -0.2) is 0 Å². The molecule has 0 heterocycles. The van der Waals surface area contributed by atoms with Crippen LogP contribution in [-0.2, 0) is 19.1 Å². The fourth-order valence-corrected chi connectivity index (χ4v) is 4.85. The number of rotatable bonds is 0. The third kappa shape index (κ3) is 3.58. The zero-order valence-electron chi connectivity index (χ0n) is 13.4. The van der Waals surface area contributed by atoms with Crippen LogP contribution in [0, 0.1) is 0 Å². The summed E-state index contributed by atoms with van der Waals surface area (Å²) in [5.74, 6) is 0. The van der Waals surface area contributed by atoms with E-state index in [0.29, 0.717) is 0 Å². The van der Waals surface area contributed by atoms with Crippen molar-refractivity contribution in [1.29, 1.82) is 0 Å². The van der Waals surface area contributed by atoms with Crippen molar-refractivity contribution in [3.05, 3.63) is 0 Å². The average Bonchev–Trinajstić information content (AvgIpc) is 2.15. The van der Waals surface area contributed by atoms with E-state index in [2.05, 4.69) is 0 Å². The van der Waals surface area contributed by atoms with Crippen LogP contribution in [0.15, 0.2) is 0 Å². The molecule has 0 radical (unpaired) electrons. The third-order valence-corrected chi connectivity index (χ3v) is 12.7. The molecule has 0 aromatic carbocycles. The summed E-state index contributed by atoms with van der Waals surface area (Å²) in [6, 6.07) is 0. The van der Waals surface area contributed by atoms with Crippen LogP contribution in [0.1, 0.15) is 80.1 Å². The van der Waals surface area contributed by atoms with Gasteiger partial charge in [-0.05, 0) is 0 Å². The maximum absolute atomic E-state index is 12.0. The van der Waals surface area contributed by atoms with Crippen LogP contribution in [0.5, 0.6) is 0 Å². The van der Waals surface area contributed by atoms with Gasteiger partial charge in [0.25, 0.3) is 0 Å². The van der Waals surface area contributed by atoms with Gasteiger partial charge in [0.1, 0.15) is 0 Å². The first kappa shape index (κ1) is 19.1. The summed E-state index contributed by atoms with van der Waals surface area (Å²) in [6.07, 6.45) is 9.00. The minimum atomic E-state index is -7.14. The molecular formula is C14H32CrO4. The Bertz CT molecular complexity index is 415. The van der Waals surface area contributed by atoms with Gasteiger partial charge < -0.3 is 0 Å². The van der Waals surface area contributed by atoms with E-state index in [-0.39, 0.29) is 0 Å². The van der Waals surface area contributed by atoms with Crippen LogP contribution in [-0.4, -0.2) is 8.32 Å². The molecule has 5 heteroatoms. The van der Waals surface area contributed by atoms with Crippen molar-refractivity contribution in [3.8, 4) is 0 Å². The molecule has 0 aliphatic heterocycles. The van der Waals surface area contributed by atoms with E-state index in [1.165, 1.54) is 80.1 Å². The van der Waals surface area contributed by atoms with E-state index >= 15 is 0 Å². The van der Waals surface area contributed by atoms with Gasteiger partial charge in [-0.15, -0.1) is 0 Å². The Labute approximate surface area is 116 Å². The third-order valence-electron chi connectivity index (χ3n) is 4.21. The first-order valence-corrected chi connectivity index (χ1v) is 10.6. The Morgan fingerprint density at radius 1 is 0.632 bits per heavy atom. The molecule has 19 heavy (non-hydrogen) atoms. The second-order valence-electron chi connectivity index (χ2n) is 7.59. The molecule has 0 aromatic heterocycles. The predicted molar refractivity (Wildman–Crippen MR) is 72.9 cm³/mol. The fraction of sp³-hybridized carbons (Fsp3) is 1.00. The summed E-state index contributed by atoms with van der Waals surface area (Å²) in [4.78, 5) is 0. The summed E-state index contributed by atoms with van der Waals surface area (Å²) in [5, 5.41) is 0. The Hall–Kier alpha value is 0.0525. The standard InChI is InChI=1S/C6H12.2C4H9.Cr.2H2O.2O/c1-2-4-6-5-3-1;2*1-4(2)3;;;;;/h1-6H2;2*1-3H3;;2*1H2;;/q;;;+2;;;;/p-2. The van der Waals surface area contributed by atoms with E-state index in [0.717, 1.165) is 0 Å². The van der Waals surface area contributed by atoms with Crippen LogP contribution >= 0.6 is 0 Å². The van der Waals surface area contributed by atoms with Gasteiger partial charge in [0.2, 0.25) is 0 Å². The molecular weight excluding hydrogens is 284 g/mol. The summed E-state index contributed by atoms with van der Waals surface area (Å²) < 4.78 is 40.3. The SMILES string of the molecule is C1CCCCC1.C[C](C)(C)[Cr](=[O])(=[O])([OH])([OH])[C](C)(C)C. The second-order valence-corrected chi connectivity index (χ2v) is 15.3. The molecule has 0 aromatic rings. The summed E-state index contributed by atoms with van der Waals surface area (Å²) in [6.45, 7) is 7.71. The molecule has 2 N–H and O–H groups in total. The van der Waals surface area contributed by atoms with Gasteiger partial charge in [-0.2, -0.15) is 0 Å². The van der Waals surface area contributed by atoms with Crippen molar-refractivity contribution in [2.45, 2.75) is 88.6 Å². The molecule has 1 fully saturated rings. The van der Waals surface area contributed by atoms with Crippen LogP contribution in [0.4, 0.5) is 0 Å². The Kier molecular flexibility index (Phi) is 4.82. The topological polar surface area (TPSA) is 74.6 Å². The van der Waals surface area contributed by atoms with Gasteiger partial charge in [-0.1, -0.05) is 38.5 Å². The molecule has 1 rings (SSSR count). The molecule has 0 bridgehead atoms. The van der Waals surface area contributed by atoms with Crippen molar-refractivity contribution < 1.29 is 27.4 Å². The van der Waals surface area contributed by atoms with Crippen molar-refractivity contribution in [1.82, 2.24) is 0 Å². The van der Waals surface area contributed by atoms with Crippen LogP contribution in [0.25, 0.3) is 0 Å². The zero-order valence-corrected chi connectivity index (χ0v) is 14.6. The van der Waals surface area contributed by atoms with E-state index < -0.39 is 20.0 Å². The summed E-state index contributed by atoms with van der Waals surface area (Å²) in [5.41, 5.74) is 0. The molecule has 0 spiro atoms. The zero-order chi connectivity index (χ0) is 15.7. The van der Waals surface area contributed by atoms with E-state index in [1.54, 1.807) is 0 Å². The first-order chi connectivity index (χ1) is 8.04. The van der Waals surface area contributed by atoms with Crippen LogP contribution in [0.2, 0.25) is 8.55 Å². The van der Waals surface area contributed by atoms with Gasteiger partial charge >= 0.3 is 77.5 Å². The summed E-state index contributed by atoms with van der Waals surface area (Å²) in [7, 11) is 0. The first-order valence-electron chi connectivity index (χ1n) is 7.11. The van der Waals surface area contributed by atoms with Gasteiger partial charge in [0.15, 0.2) is 0 Å². The van der Waals surface area contributed by atoms with Crippen molar-refractivity contribution in [2.75, 3.05) is 0 Å². The predicted octanol–water partition coefficient (Wildman–Crippen LogP) is 4.49. The Balaban J connectivity index is 0.000000443. The molecule has 0 saturated heterocycles. The normalized spacial score (nSPS) is 21.7. The molecule has 0 amide bonds. The van der Waals surface area contributed by atoms with Crippen LogP contribution in [0.3, 0.4) is 0 Å². The molecule has 4 nitrogen and oxygen atoms in total. The van der Waals surface area contributed by atoms with E-state index in [1.807, 2.05) is 0 Å². The number of hydrogen-bond acceptors (Lipinski definition) is 2. The van der Waals surface area contributed by atoms with E-state index in [9.17, 15) is 15.9 Å². The van der Waals surface area contributed by atoms with E-state index in [4.69, 9.17) is 0 Å². The van der Waals surface area contributed by atoms with Gasteiger partial charge in [0.05, 0.1) is 0 Å². The Morgan fingerprint density at radius 3 is 0.842 bits per heavy atom. The quantitative estimate of drug-likeness (QED) is 0.690. The molecule has 1 saturated carbocycles. The monoisotopic (exact) mass is 316 g/mol. The molecule has 118 valence electrons.